The molecule has 0 amide bonds. The quantitative estimate of drug-likeness (QED) is 0.845. The van der Waals surface area contributed by atoms with Crippen molar-refractivity contribution in [1.82, 2.24) is 15.5 Å². The average Bonchev–Trinajstić information content (AvgIpc) is 2.68. The molecule has 3 nitrogen and oxygen atoms in total. The van der Waals surface area contributed by atoms with E-state index in [1.54, 1.807) is 0 Å². The first kappa shape index (κ1) is 11.9. The van der Waals surface area contributed by atoms with Gasteiger partial charge in [-0.05, 0) is 26.5 Å². The van der Waals surface area contributed by atoms with Crippen molar-refractivity contribution in [1.29, 1.82) is 0 Å². The second-order valence-corrected chi connectivity index (χ2v) is 4.39. The molecular formula is C14H19N3. The molecule has 0 unspecified atom stereocenters. The Kier molecular flexibility index (Phi) is 3.59. The third-order valence-electron chi connectivity index (χ3n) is 2.94. The lowest BCUT2D eigenvalue weighted by Crippen LogP contribution is -2.11. The summed E-state index contributed by atoms with van der Waals surface area (Å²) < 4.78 is 0. The van der Waals surface area contributed by atoms with E-state index in [-0.39, 0.29) is 0 Å². The minimum absolute atomic E-state index is 0.948. The molecule has 0 radical (unpaired) electrons. The fraction of sp³-hybridized carbons (Fsp3) is 0.357. The van der Waals surface area contributed by atoms with Gasteiger partial charge < -0.3 is 5.32 Å². The van der Waals surface area contributed by atoms with Gasteiger partial charge in [-0.1, -0.05) is 29.8 Å². The first-order chi connectivity index (χ1) is 8.22. The number of hydrogen-bond acceptors (Lipinski definition) is 2. The number of hydrogen-bond donors (Lipinski definition) is 2. The Balaban J connectivity index is 2.39. The normalized spacial score (nSPS) is 10.8. The minimum Gasteiger partial charge on any atom is -0.319 e. The third-order valence-corrected chi connectivity index (χ3v) is 2.94. The summed E-state index contributed by atoms with van der Waals surface area (Å²) in [6.45, 7) is 5.14. The van der Waals surface area contributed by atoms with E-state index < -0.39 is 0 Å². The predicted octanol–water partition coefficient (Wildman–Crippen LogP) is 2.46. The first-order valence-electron chi connectivity index (χ1n) is 5.98. The molecule has 1 aromatic carbocycles. The van der Waals surface area contributed by atoms with Crippen molar-refractivity contribution < 1.29 is 0 Å². The van der Waals surface area contributed by atoms with Crippen LogP contribution < -0.4 is 5.32 Å². The van der Waals surface area contributed by atoms with Crippen LogP contribution in [-0.4, -0.2) is 23.8 Å². The zero-order valence-corrected chi connectivity index (χ0v) is 10.7. The molecule has 0 aliphatic rings. The molecule has 17 heavy (non-hydrogen) atoms. The summed E-state index contributed by atoms with van der Waals surface area (Å²) in [7, 11) is 1.96. The standard InChI is InChI=1S/C14H19N3/c1-10-5-4-6-12(9-10)14-11(2)16-17-13(14)7-8-15-3/h4-6,9,15H,7-8H2,1-3H3,(H,16,17). The van der Waals surface area contributed by atoms with Crippen LogP contribution >= 0.6 is 0 Å². The van der Waals surface area contributed by atoms with Gasteiger partial charge in [-0.15, -0.1) is 0 Å². The number of aromatic amines is 1. The van der Waals surface area contributed by atoms with Crippen molar-refractivity contribution in [3.05, 3.63) is 41.2 Å². The van der Waals surface area contributed by atoms with Crippen LogP contribution in [0, 0.1) is 13.8 Å². The number of aryl methyl sites for hydroxylation is 2. The highest BCUT2D eigenvalue weighted by atomic mass is 15.1. The molecule has 2 rings (SSSR count). The Labute approximate surface area is 102 Å². The number of H-pyrrole nitrogens is 1. The van der Waals surface area contributed by atoms with Gasteiger partial charge in [0.1, 0.15) is 0 Å². The van der Waals surface area contributed by atoms with Crippen molar-refractivity contribution in [2.45, 2.75) is 20.3 Å². The van der Waals surface area contributed by atoms with Crippen LogP contribution in [0.1, 0.15) is 17.0 Å². The summed E-state index contributed by atoms with van der Waals surface area (Å²) in [6.07, 6.45) is 0.949. The fourth-order valence-electron chi connectivity index (χ4n) is 2.09. The maximum atomic E-state index is 4.39. The predicted molar refractivity (Wildman–Crippen MR) is 71.1 cm³/mol. The molecule has 0 fully saturated rings. The Morgan fingerprint density at radius 1 is 1.29 bits per heavy atom. The number of nitrogens with zero attached hydrogens (tertiary/aromatic N) is 1. The first-order valence-corrected chi connectivity index (χ1v) is 5.98. The molecule has 3 heteroatoms. The molecule has 0 aliphatic heterocycles. The van der Waals surface area contributed by atoms with E-state index >= 15 is 0 Å². The van der Waals surface area contributed by atoms with Gasteiger partial charge in [0.25, 0.3) is 0 Å². The number of nitrogens with one attached hydrogen (secondary N) is 2. The van der Waals surface area contributed by atoms with Gasteiger partial charge in [0.15, 0.2) is 0 Å². The van der Waals surface area contributed by atoms with Gasteiger partial charge in [0.2, 0.25) is 0 Å². The lowest BCUT2D eigenvalue weighted by atomic mass is 10.0. The van der Waals surface area contributed by atoms with Crippen LogP contribution in [0.4, 0.5) is 0 Å². The molecule has 1 aromatic heterocycles. The van der Waals surface area contributed by atoms with Crippen molar-refractivity contribution in [3.63, 3.8) is 0 Å². The minimum atomic E-state index is 0.948. The maximum Gasteiger partial charge on any atom is 0.0715 e. The molecule has 0 aliphatic carbocycles. The second-order valence-electron chi connectivity index (χ2n) is 4.39. The largest absolute Gasteiger partial charge is 0.319 e. The van der Waals surface area contributed by atoms with Crippen LogP contribution in [0.25, 0.3) is 11.1 Å². The van der Waals surface area contributed by atoms with Gasteiger partial charge in [-0.3, -0.25) is 5.10 Å². The van der Waals surface area contributed by atoms with Gasteiger partial charge in [0, 0.05) is 24.2 Å². The smallest absolute Gasteiger partial charge is 0.0715 e. The zero-order chi connectivity index (χ0) is 12.3. The van der Waals surface area contributed by atoms with E-state index in [1.807, 2.05) is 7.05 Å². The van der Waals surface area contributed by atoms with E-state index in [4.69, 9.17) is 0 Å². The Morgan fingerprint density at radius 3 is 2.82 bits per heavy atom. The van der Waals surface area contributed by atoms with Crippen LogP contribution in [0.3, 0.4) is 0 Å². The van der Waals surface area contributed by atoms with Crippen LogP contribution in [0.5, 0.6) is 0 Å². The van der Waals surface area contributed by atoms with Gasteiger partial charge in [-0.2, -0.15) is 5.10 Å². The summed E-state index contributed by atoms with van der Waals surface area (Å²) in [4.78, 5) is 0. The highest BCUT2D eigenvalue weighted by molar-refractivity contribution is 5.69. The Bertz CT molecular complexity index is 500. The maximum absolute atomic E-state index is 4.39. The molecule has 2 aromatic rings. The molecule has 2 N–H and O–H groups in total. The molecule has 0 atom stereocenters. The number of benzene rings is 1. The molecule has 0 spiro atoms. The number of rotatable bonds is 4. The van der Waals surface area contributed by atoms with Crippen LogP contribution in [0.2, 0.25) is 0 Å². The van der Waals surface area contributed by atoms with Gasteiger partial charge in [0.05, 0.1) is 5.69 Å². The summed E-state index contributed by atoms with van der Waals surface area (Å²) in [5, 5.41) is 10.6. The van der Waals surface area contributed by atoms with E-state index in [9.17, 15) is 0 Å². The molecule has 0 saturated heterocycles. The number of likely N-dealkylation sites (N-methyl/N-ethyl adjacent to an activating group) is 1. The zero-order valence-electron chi connectivity index (χ0n) is 10.7. The van der Waals surface area contributed by atoms with Crippen molar-refractivity contribution in [3.8, 4) is 11.1 Å². The van der Waals surface area contributed by atoms with Crippen molar-refractivity contribution >= 4 is 0 Å². The topological polar surface area (TPSA) is 40.7 Å². The highest BCUT2D eigenvalue weighted by Gasteiger charge is 2.11. The Morgan fingerprint density at radius 2 is 2.12 bits per heavy atom. The highest BCUT2D eigenvalue weighted by Crippen LogP contribution is 2.26. The fourth-order valence-corrected chi connectivity index (χ4v) is 2.09. The monoisotopic (exact) mass is 229 g/mol. The van der Waals surface area contributed by atoms with Gasteiger partial charge >= 0.3 is 0 Å². The Hall–Kier alpha value is -1.61. The summed E-state index contributed by atoms with van der Waals surface area (Å²) in [5.74, 6) is 0. The van der Waals surface area contributed by atoms with E-state index in [0.717, 1.165) is 24.4 Å². The van der Waals surface area contributed by atoms with Crippen LogP contribution in [-0.2, 0) is 6.42 Å². The molecule has 0 saturated carbocycles. The van der Waals surface area contributed by atoms with Crippen molar-refractivity contribution in [2.24, 2.45) is 0 Å². The molecule has 0 bridgehead atoms. The van der Waals surface area contributed by atoms with E-state index in [2.05, 4.69) is 53.6 Å². The van der Waals surface area contributed by atoms with Crippen molar-refractivity contribution in [2.75, 3.05) is 13.6 Å². The average molecular weight is 229 g/mol. The summed E-state index contributed by atoms with van der Waals surface area (Å²) >= 11 is 0. The lowest BCUT2D eigenvalue weighted by Gasteiger charge is -2.05. The number of aromatic nitrogens is 2. The third kappa shape index (κ3) is 2.56. The molecule has 1 heterocycles. The second kappa shape index (κ2) is 5.15. The molecular weight excluding hydrogens is 210 g/mol. The SMILES string of the molecule is CNCCc1n[nH]c(C)c1-c1cccc(C)c1. The van der Waals surface area contributed by atoms with E-state index in [0.29, 0.717) is 0 Å². The van der Waals surface area contributed by atoms with Gasteiger partial charge in [-0.25, -0.2) is 0 Å². The summed E-state index contributed by atoms with van der Waals surface area (Å²) in [6, 6.07) is 8.57. The molecule has 90 valence electrons. The van der Waals surface area contributed by atoms with Crippen LogP contribution in [0.15, 0.2) is 24.3 Å². The van der Waals surface area contributed by atoms with E-state index in [1.165, 1.54) is 16.7 Å². The summed E-state index contributed by atoms with van der Waals surface area (Å²) in [5.41, 5.74) is 6.07. The lowest BCUT2D eigenvalue weighted by molar-refractivity contribution is 0.773.